The Bertz CT molecular complexity index is 443. The van der Waals surface area contributed by atoms with E-state index in [0.717, 1.165) is 0 Å². The number of nitriles is 1. The molecule has 13 heavy (non-hydrogen) atoms. The van der Waals surface area contributed by atoms with Crippen LogP contribution in [-0.2, 0) is 9.84 Å². The molecular weight excluding hydrogens is 186 g/mol. The van der Waals surface area contributed by atoms with Crippen molar-refractivity contribution in [1.29, 1.82) is 5.26 Å². The van der Waals surface area contributed by atoms with Crippen molar-refractivity contribution in [2.24, 2.45) is 0 Å². The minimum absolute atomic E-state index is 0.0195. The van der Waals surface area contributed by atoms with Crippen molar-refractivity contribution in [2.45, 2.75) is 11.8 Å². The van der Waals surface area contributed by atoms with Crippen molar-refractivity contribution in [3.8, 4) is 6.07 Å². The first kappa shape index (κ1) is 9.75. The predicted octanol–water partition coefficient (Wildman–Crippen LogP) is 1.35. The van der Waals surface area contributed by atoms with E-state index >= 15 is 0 Å². The van der Waals surface area contributed by atoms with Gasteiger partial charge in [0.25, 0.3) is 0 Å². The monoisotopic (exact) mass is 195 g/mol. The molecule has 0 N–H and O–H groups in total. The second kappa shape index (κ2) is 3.58. The van der Waals surface area contributed by atoms with Crippen molar-refractivity contribution in [1.82, 2.24) is 0 Å². The summed E-state index contributed by atoms with van der Waals surface area (Å²) < 4.78 is 22.9. The lowest BCUT2D eigenvalue weighted by Gasteiger charge is -2.01. The van der Waals surface area contributed by atoms with Crippen molar-refractivity contribution in [3.63, 3.8) is 0 Å². The Morgan fingerprint density at radius 3 is 2.54 bits per heavy atom. The van der Waals surface area contributed by atoms with E-state index in [4.69, 9.17) is 5.26 Å². The summed E-state index contributed by atoms with van der Waals surface area (Å²) in [4.78, 5) is 0.125. The standard InChI is InChI=1S/C9H9NO2S/c1-2-13(11,12)9-6-4-3-5-8(9)7-10/h3-6H,2H2,1H3. The van der Waals surface area contributed by atoms with Crippen LogP contribution in [0.2, 0.25) is 0 Å². The molecule has 4 heteroatoms. The van der Waals surface area contributed by atoms with Crippen LogP contribution in [0.15, 0.2) is 29.2 Å². The van der Waals surface area contributed by atoms with Crippen molar-refractivity contribution in [3.05, 3.63) is 29.8 Å². The van der Waals surface area contributed by atoms with Gasteiger partial charge < -0.3 is 0 Å². The Morgan fingerprint density at radius 2 is 2.00 bits per heavy atom. The molecule has 68 valence electrons. The number of hydrogen-bond donors (Lipinski definition) is 0. The largest absolute Gasteiger partial charge is 0.224 e. The highest BCUT2D eigenvalue weighted by Crippen LogP contribution is 2.15. The van der Waals surface area contributed by atoms with Gasteiger partial charge in [0.15, 0.2) is 9.84 Å². The molecule has 0 fully saturated rings. The van der Waals surface area contributed by atoms with Crippen LogP contribution in [0, 0.1) is 11.3 Å². The van der Waals surface area contributed by atoms with Gasteiger partial charge in [-0.15, -0.1) is 0 Å². The smallest absolute Gasteiger partial charge is 0.179 e. The van der Waals surface area contributed by atoms with Gasteiger partial charge in [0.05, 0.1) is 16.2 Å². The summed E-state index contributed by atoms with van der Waals surface area (Å²) in [5, 5.41) is 8.66. The van der Waals surface area contributed by atoms with Crippen LogP contribution in [0.3, 0.4) is 0 Å². The van der Waals surface area contributed by atoms with E-state index in [0.29, 0.717) is 0 Å². The molecule has 0 aliphatic carbocycles. The predicted molar refractivity (Wildman–Crippen MR) is 48.9 cm³/mol. The van der Waals surface area contributed by atoms with E-state index in [9.17, 15) is 8.42 Å². The fourth-order valence-corrected chi connectivity index (χ4v) is 2.03. The summed E-state index contributed by atoms with van der Waals surface area (Å²) in [5.74, 6) is 0.0195. The van der Waals surface area contributed by atoms with Crippen LogP contribution in [0.1, 0.15) is 12.5 Å². The number of benzene rings is 1. The minimum atomic E-state index is -3.26. The zero-order chi connectivity index (χ0) is 9.90. The zero-order valence-corrected chi connectivity index (χ0v) is 8.00. The number of sulfone groups is 1. The van der Waals surface area contributed by atoms with Crippen molar-refractivity contribution >= 4 is 9.84 Å². The van der Waals surface area contributed by atoms with Crippen LogP contribution in [0.5, 0.6) is 0 Å². The molecule has 0 spiro atoms. The molecule has 1 aromatic rings. The molecule has 1 aromatic carbocycles. The summed E-state index contributed by atoms with van der Waals surface area (Å²) in [6.07, 6.45) is 0. The lowest BCUT2D eigenvalue weighted by Crippen LogP contribution is -2.05. The topological polar surface area (TPSA) is 57.9 Å². The maximum absolute atomic E-state index is 11.4. The number of hydrogen-bond acceptors (Lipinski definition) is 3. The van der Waals surface area contributed by atoms with E-state index < -0.39 is 9.84 Å². The summed E-state index contributed by atoms with van der Waals surface area (Å²) in [6, 6.07) is 8.08. The second-order valence-electron chi connectivity index (χ2n) is 2.51. The molecule has 0 radical (unpaired) electrons. The third kappa shape index (κ3) is 1.87. The van der Waals surface area contributed by atoms with E-state index in [1.807, 2.05) is 6.07 Å². The van der Waals surface area contributed by atoms with Crippen LogP contribution in [-0.4, -0.2) is 14.2 Å². The first-order valence-corrected chi connectivity index (χ1v) is 5.49. The summed E-state index contributed by atoms with van der Waals surface area (Å²) in [6.45, 7) is 1.56. The lowest BCUT2D eigenvalue weighted by atomic mass is 10.2. The second-order valence-corrected chi connectivity index (χ2v) is 4.76. The summed E-state index contributed by atoms with van der Waals surface area (Å²) >= 11 is 0. The van der Waals surface area contributed by atoms with Gasteiger partial charge in [-0.25, -0.2) is 8.42 Å². The molecule has 0 saturated carbocycles. The average Bonchev–Trinajstić information content (AvgIpc) is 2.18. The van der Waals surface area contributed by atoms with Gasteiger partial charge >= 0.3 is 0 Å². The quantitative estimate of drug-likeness (QED) is 0.715. The molecule has 0 bridgehead atoms. The van der Waals surface area contributed by atoms with E-state index in [1.165, 1.54) is 12.1 Å². The molecule has 0 aromatic heterocycles. The third-order valence-corrected chi connectivity index (χ3v) is 3.51. The van der Waals surface area contributed by atoms with E-state index in [1.54, 1.807) is 19.1 Å². The summed E-state index contributed by atoms with van der Waals surface area (Å²) in [7, 11) is -3.26. The SMILES string of the molecule is CCS(=O)(=O)c1ccccc1C#N. The normalized spacial score (nSPS) is 10.8. The van der Waals surface area contributed by atoms with Crippen LogP contribution in [0.25, 0.3) is 0 Å². The van der Waals surface area contributed by atoms with Crippen LogP contribution >= 0.6 is 0 Å². The highest BCUT2D eigenvalue weighted by molar-refractivity contribution is 7.91. The zero-order valence-electron chi connectivity index (χ0n) is 7.19. The molecule has 0 heterocycles. The van der Waals surface area contributed by atoms with Gasteiger partial charge in [-0.1, -0.05) is 19.1 Å². The molecule has 3 nitrogen and oxygen atoms in total. The number of rotatable bonds is 2. The van der Waals surface area contributed by atoms with E-state index in [2.05, 4.69) is 0 Å². The van der Waals surface area contributed by atoms with Gasteiger partial charge in [-0.3, -0.25) is 0 Å². The maximum Gasteiger partial charge on any atom is 0.179 e. The van der Waals surface area contributed by atoms with Crippen LogP contribution < -0.4 is 0 Å². The minimum Gasteiger partial charge on any atom is -0.224 e. The van der Waals surface area contributed by atoms with Crippen molar-refractivity contribution in [2.75, 3.05) is 5.75 Å². The molecule has 0 atom stereocenters. The molecular formula is C9H9NO2S. The Balaban J connectivity index is 3.40. The summed E-state index contributed by atoms with van der Waals surface area (Å²) in [5.41, 5.74) is 0.212. The highest BCUT2D eigenvalue weighted by Gasteiger charge is 2.14. The van der Waals surface area contributed by atoms with Gasteiger partial charge in [-0.2, -0.15) is 5.26 Å². The molecule has 0 unspecified atom stereocenters. The van der Waals surface area contributed by atoms with E-state index in [-0.39, 0.29) is 16.2 Å². The number of nitrogens with zero attached hydrogens (tertiary/aromatic N) is 1. The average molecular weight is 195 g/mol. The molecule has 0 aliphatic heterocycles. The Kier molecular flexibility index (Phi) is 2.69. The molecule has 1 rings (SSSR count). The lowest BCUT2D eigenvalue weighted by molar-refractivity contribution is 0.597. The van der Waals surface area contributed by atoms with Gasteiger partial charge in [0, 0.05) is 0 Å². The Labute approximate surface area is 77.5 Å². The first-order chi connectivity index (χ1) is 6.11. The van der Waals surface area contributed by atoms with Gasteiger partial charge in [0.1, 0.15) is 6.07 Å². The Hall–Kier alpha value is -1.34. The van der Waals surface area contributed by atoms with Crippen LogP contribution in [0.4, 0.5) is 0 Å². The fourth-order valence-electron chi connectivity index (χ4n) is 0.986. The van der Waals surface area contributed by atoms with Gasteiger partial charge in [0.2, 0.25) is 0 Å². The third-order valence-electron chi connectivity index (χ3n) is 1.72. The molecule has 0 amide bonds. The van der Waals surface area contributed by atoms with Crippen molar-refractivity contribution < 1.29 is 8.42 Å². The highest BCUT2D eigenvalue weighted by atomic mass is 32.2. The Morgan fingerprint density at radius 1 is 1.38 bits per heavy atom. The fraction of sp³-hybridized carbons (Fsp3) is 0.222. The van der Waals surface area contributed by atoms with Gasteiger partial charge in [-0.05, 0) is 12.1 Å². The first-order valence-electron chi connectivity index (χ1n) is 3.83. The molecule has 0 aliphatic rings. The molecule has 0 saturated heterocycles. The maximum atomic E-state index is 11.4.